The molecule has 0 aromatic carbocycles. The van der Waals surface area contributed by atoms with E-state index in [0.717, 1.165) is 11.3 Å². The van der Waals surface area contributed by atoms with Crippen molar-refractivity contribution in [2.75, 3.05) is 0 Å². The molecule has 0 atom stereocenters. The number of nitrogens with zero attached hydrogens (tertiary/aromatic N) is 2. The lowest BCUT2D eigenvalue weighted by Gasteiger charge is -2.05. The van der Waals surface area contributed by atoms with E-state index in [-0.39, 0.29) is 11.9 Å². The van der Waals surface area contributed by atoms with Gasteiger partial charge >= 0.3 is 0 Å². The van der Waals surface area contributed by atoms with Gasteiger partial charge in [-0.2, -0.15) is 5.10 Å². The molecule has 0 saturated carbocycles. The molecular weight excluding hydrogens is 140 g/mol. The molecule has 0 radical (unpaired) electrons. The van der Waals surface area contributed by atoms with Crippen LogP contribution in [0.2, 0.25) is 0 Å². The Morgan fingerprint density at radius 3 is 2.09 bits per heavy atom. The molecule has 0 spiro atoms. The van der Waals surface area contributed by atoms with Crippen LogP contribution in [0.15, 0.2) is 0 Å². The Kier molecular flexibility index (Phi) is 1.89. The fourth-order valence-corrected chi connectivity index (χ4v) is 0.978. The summed E-state index contributed by atoms with van der Waals surface area (Å²) in [5.41, 5.74) is 1.77. The molecule has 0 fully saturated rings. The lowest BCUT2D eigenvalue weighted by molar-refractivity contribution is 0.375. The van der Waals surface area contributed by atoms with Crippen LogP contribution in [0.1, 0.15) is 31.1 Å². The predicted molar refractivity (Wildman–Crippen MR) is 43.8 cm³/mol. The van der Waals surface area contributed by atoms with Crippen LogP contribution in [0.5, 0.6) is 5.88 Å². The molecule has 1 aromatic rings. The SMILES string of the molecule is Cc1nn(C(C)C)c(O)c1C. The Balaban J connectivity index is 3.19. The van der Waals surface area contributed by atoms with E-state index in [2.05, 4.69) is 5.10 Å². The maximum atomic E-state index is 9.49. The first-order chi connectivity index (χ1) is 5.04. The molecule has 3 nitrogen and oxygen atoms in total. The topological polar surface area (TPSA) is 38.0 Å². The van der Waals surface area contributed by atoms with Gasteiger partial charge < -0.3 is 5.11 Å². The Morgan fingerprint density at radius 1 is 1.36 bits per heavy atom. The molecule has 1 heterocycles. The number of aromatic hydroxyl groups is 1. The van der Waals surface area contributed by atoms with E-state index in [1.165, 1.54) is 0 Å². The second kappa shape index (κ2) is 2.57. The van der Waals surface area contributed by atoms with E-state index in [4.69, 9.17) is 0 Å². The van der Waals surface area contributed by atoms with Crippen LogP contribution in [0, 0.1) is 13.8 Å². The molecular formula is C8H14N2O. The first-order valence-corrected chi connectivity index (χ1v) is 3.78. The van der Waals surface area contributed by atoms with E-state index < -0.39 is 0 Å². The van der Waals surface area contributed by atoms with Gasteiger partial charge in [-0.3, -0.25) is 0 Å². The van der Waals surface area contributed by atoms with Gasteiger partial charge in [0, 0.05) is 5.56 Å². The average Bonchev–Trinajstić information content (AvgIpc) is 2.17. The Labute approximate surface area is 66.7 Å². The molecule has 0 amide bonds. The highest BCUT2D eigenvalue weighted by atomic mass is 16.3. The second-order valence-electron chi connectivity index (χ2n) is 3.07. The molecule has 0 bridgehead atoms. The van der Waals surface area contributed by atoms with Crippen molar-refractivity contribution in [1.29, 1.82) is 0 Å². The lowest BCUT2D eigenvalue weighted by atomic mass is 10.3. The van der Waals surface area contributed by atoms with Gasteiger partial charge in [-0.15, -0.1) is 0 Å². The summed E-state index contributed by atoms with van der Waals surface area (Å²) in [4.78, 5) is 0. The van der Waals surface area contributed by atoms with Crippen molar-refractivity contribution < 1.29 is 5.11 Å². The molecule has 0 aliphatic rings. The second-order valence-corrected chi connectivity index (χ2v) is 3.07. The minimum atomic E-state index is 0.224. The van der Waals surface area contributed by atoms with Crippen molar-refractivity contribution in [3.05, 3.63) is 11.3 Å². The predicted octanol–water partition coefficient (Wildman–Crippen LogP) is 1.79. The number of hydrogen-bond donors (Lipinski definition) is 1. The average molecular weight is 154 g/mol. The lowest BCUT2D eigenvalue weighted by Crippen LogP contribution is -2.01. The molecule has 1 rings (SSSR count). The third-order valence-electron chi connectivity index (χ3n) is 1.84. The normalized spacial score (nSPS) is 11.0. The van der Waals surface area contributed by atoms with Gasteiger partial charge in [0.1, 0.15) is 0 Å². The van der Waals surface area contributed by atoms with Crippen LogP contribution in [0.4, 0.5) is 0 Å². The molecule has 3 heteroatoms. The van der Waals surface area contributed by atoms with Crippen LogP contribution in [-0.4, -0.2) is 14.9 Å². The Morgan fingerprint density at radius 2 is 1.91 bits per heavy atom. The van der Waals surface area contributed by atoms with E-state index in [1.54, 1.807) is 4.68 Å². The molecule has 0 unspecified atom stereocenters. The molecule has 0 saturated heterocycles. The maximum absolute atomic E-state index is 9.49. The van der Waals surface area contributed by atoms with Crippen molar-refractivity contribution in [3.8, 4) is 5.88 Å². The zero-order valence-corrected chi connectivity index (χ0v) is 7.42. The minimum absolute atomic E-state index is 0.224. The van der Waals surface area contributed by atoms with E-state index in [0.29, 0.717) is 0 Å². The van der Waals surface area contributed by atoms with Crippen LogP contribution >= 0.6 is 0 Å². The van der Waals surface area contributed by atoms with Gasteiger partial charge in [-0.25, -0.2) is 4.68 Å². The molecule has 0 aliphatic heterocycles. The van der Waals surface area contributed by atoms with Gasteiger partial charge in [0.15, 0.2) is 0 Å². The molecule has 11 heavy (non-hydrogen) atoms. The quantitative estimate of drug-likeness (QED) is 0.669. The van der Waals surface area contributed by atoms with Crippen molar-refractivity contribution in [3.63, 3.8) is 0 Å². The monoisotopic (exact) mass is 154 g/mol. The number of hydrogen-bond acceptors (Lipinski definition) is 2. The minimum Gasteiger partial charge on any atom is -0.493 e. The van der Waals surface area contributed by atoms with Crippen molar-refractivity contribution in [2.45, 2.75) is 33.7 Å². The molecule has 1 N–H and O–H groups in total. The summed E-state index contributed by atoms with van der Waals surface area (Å²) in [5, 5.41) is 13.7. The number of aryl methyl sites for hydroxylation is 1. The number of rotatable bonds is 1. The van der Waals surface area contributed by atoms with E-state index in [9.17, 15) is 5.11 Å². The van der Waals surface area contributed by atoms with Crippen LogP contribution < -0.4 is 0 Å². The highest BCUT2D eigenvalue weighted by Gasteiger charge is 2.11. The summed E-state index contributed by atoms with van der Waals surface area (Å²) in [5.74, 6) is 0.289. The summed E-state index contributed by atoms with van der Waals surface area (Å²) in [6, 6.07) is 0.224. The fraction of sp³-hybridized carbons (Fsp3) is 0.625. The van der Waals surface area contributed by atoms with Crippen molar-refractivity contribution >= 4 is 0 Å². The molecule has 0 aliphatic carbocycles. The van der Waals surface area contributed by atoms with Gasteiger partial charge in [-0.1, -0.05) is 0 Å². The maximum Gasteiger partial charge on any atom is 0.212 e. The standard InChI is InChI=1S/C8H14N2O/c1-5(2)10-8(11)6(3)7(4)9-10/h5,11H,1-4H3. The van der Waals surface area contributed by atoms with Gasteiger partial charge in [0.2, 0.25) is 5.88 Å². The first-order valence-electron chi connectivity index (χ1n) is 3.78. The van der Waals surface area contributed by atoms with Gasteiger partial charge in [0.25, 0.3) is 0 Å². The summed E-state index contributed by atoms with van der Waals surface area (Å²) in [6.45, 7) is 7.75. The first kappa shape index (κ1) is 8.11. The number of aromatic nitrogens is 2. The smallest absolute Gasteiger partial charge is 0.212 e. The zero-order valence-electron chi connectivity index (χ0n) is 7.42. The fourth-order valence-electron chi connectivity index (χ4n) is 0.978. The summed E-state index contributed by atoms with van der Waals surface area (Å²) in [6.07, 6.45) is 0. The van der Waals surface area contributed by atoms with Crippen LogP contribution in [0.25, 0.3) is 0 Å². The summed E-state index contributed by atoms with van der Waals surface area (Å²) >= 11 is 0. The molecule has 1 aromatic heterocycles. The highest BCUT2D eigenvalue weighted by Crippen LogP contribution is 2.22. The summed E-state index contributed by atoms with van der Waals surface area (Å²) < 4.78 is 1.63. The zero-order chi connectivity index (χ0) is 8.59. The van der Waals surface area contributed by atoms with Crippen LogP contribution in [-0.2, 0) is 0 Å². The molecule has 62 valence electrons. The highest BCUT2D eigenvalue weighted by molar-refractivity contribution is 5.28. The van der Waals surface area contributed by atoms with Gasteiger partial charge in [0.05, 0.1) is 11.7 Å². The third kappa shape index (κ3) is 1.23. The van der Waals surface area contributed by atoms with Gasteiger partial charge in [-0.05, 0) is 27.7 Å². The third-order valence-corrected chi connectivity index (χ3v) is 1.84. The van der Waals surface area contributed by atoms with Crippen LogP contribution in [0.3, 0.4) is 0 Å². The summed E-state index contributed by atoms with van der Waals surface area (Å²) in [7, 11) is 0. The van der Waals surface area contributed by atoms with Crippen molar-refractivity contribution in [1.82, 2.24) is 9.78 Å². The Hall–Kier alpha value is -0.990. The largest absolute Gasteiger partial charge is 0.493 e. The Bertz CT molecular complexity index is 263. The van der Waals surface area contributed by atoms with E-state index >= 15 is 0 Å². The van der Waals surface area contributed by atoms with Crippen molar-refractivity contribution in [2.24, 2.45) is 0 Å². The van der Waals surface area contributed by atoms with E-state index in [1.807, 2.05) is 27.7 Å².